The zero-order valence-corrected chi connectivity index (χ0v) is 11.3. The Morgan fingerprint density at radius 3 is 2.62 bits per heavy atom. The highest BCUT2D eigenvalue weighted by Crippen LogP contribution is 2.04. The van der Waals surface area contributed by atoms with Crippen molar-refractivity contribution in [2.75, 3.05) is 5.73 Å². The van der Waals surface area contributed by atoms with Crippen LogP contribution in [-0.4, -0.2) is 24.0 Å². The largest absolute Gasteiger partial charge is 0.384 e. The van der Waals surface area contributed by atoms with Gasteiger partial charge in [-0.2, -0.15) is 0 Å². The first-order chi connectivity index (χ1) is 9.79. The van der Waals surface area contributed by atoms with E-state index in [1.165, 1.54) is 13.1 Å². The Labute approximate surface area is 117 Å². The standard InChI is InChI=1S/C11H12N6O4/c1-6-3-8(12)14-9(13-6)5-16-10(18)7(17(20)21)4-15(2)11(16)19/h3-4H,5H2,1-2H3,(H2,12,13,14). The van der Waals surface area contributed by atoms with Crippen LogP contribution in [0.2, 0.25) is 0 Å². The van der Waals surface area contributed by atoms with E-state index in [1.807, 2.05) is 0 Å². The lowest BCUT2D eigenvalue weighted by Gasteiger charge is -2.07. The van der Waals surface area contributed by atoms with E-state index in [0.29, 0.717) is 10.3 Å². The first kappa shape index (κ1) is 14.4. The number of aryl methyl sites for hydroxylation is 2. The molecule has 2 N–H and O–H groups in total. The Hall–Kier alpha value is -3.04. The molecule has 0 amide bonds. The molecule has 0 bridgehead atoms. The van der Waals surface area contributed by atoms with Crippen LogP contribution in [0.3, 0.4) is 0 Å². The SMILES string of the molecule is Cc1cc(N)nc(Cn2c(=O)c([N+](=O)[O-])cn(C)c2=O)n1. The van der Waals surface area contributed by atoms with Gasteiger partial charge in [-0.1, -0.05) is 0 Å². The number of aromatic nitrogens is 4. The second-order valence-corrected chi connectivity index (χ2v) is 4.41. The second kappa shape index (κ2) is 5.15. The number of hydrogen-bond donors (Lipinski definition) is 1. The fraction of sp³-hybridized carbons (Fsp3) is 0.273. The lowest BCUT2D eigenvalue weighted by atomic mass is 10.4. The molecule has 0 aromatic carbocycles. The van der Waals surface area contributed by atoms with Crippen molar-refractivity contribution in [2.45, 2.75) is 13.5 Å². The molecule has 0 aliphatic rings. The quantitative estimate of drug-likeness (QED) is 0.576. The summed E-state index contributed by atoms with van der Waals surface area (Å²) in [5.41, 5.74) is 3.73. The Bertz CT molecular complexity index is 817. The minimum atomic E-state index is -1.01. The Morgan fingerprint density at radius 2 is 2.05 bits per heavy atom. The molecule has 2 heterocycles. The van der Waals surface area contributed by atoms with E-state index >= 15 is 0 Å². The minimum absolute atomic E-state index is 0.132. The molecule has 0 aliphatic heterocycles. The Balaban J connectivity index is 2.61. The number of nitrogens with zero attached hydrogens (tertiary/aromatic N) is 5. The van der Waals surface area contributed by atoms with E-state index in [-0.39, 0.29) is 18.2 Å². The van der Waals surface area contributed by atoms with Gasteiger partial charge in [0.2, 0.25) is 0 Å². The van der Waals surface area contributed by atoms with Crippen LogP contribution in [0, 0.1) is 17.0 Å². The van der Waals surface area contributed by atoms with Crippen LogP contribution in [-0.2, 0) is 13.6 Å². The molecular weight excluding hydrogens is 280 g/mol. The first-order valence-corrected chi connectivity index (χ1v) is 5.84. The third-order valence-electron chi connectivity index (χ3n) is 2.73. The van der Waals surface area contributed by atoms with Crippen LogP contribution in [0.25, 0.3) is 0 Å². The van der Waals surface area contributed by atoms with Gasteiger partial charge in [0.05, 0.1) is 17.7 Å². The number of nitrogen functional groups attached to an aromatic ring is 1. The molecule has 21 heavy (non-hydrogen) atoms. The highest BCUT2D eigenvalue weighted by molar-refractivity contribution is 5.29. The van der Waals surface area contributed by atoms with Crippen molar-refractivity contribution in [3.63, 3.8) is 0 Å². The van der Waals surface area contributed by atoms with Crippen molar-refractivity contribution in [1.29, 1.82) is 0 Å². The average Bonchev–Trinajstić information content (AvgIpc) is 2.37. The van der Waals surface area contributed by atoms with Gasteiger partial charge < -0.3 is 5.73 Å². The van der Waals surface area contributed by atoms with Gasteiger partial charge in [-0.05, 0) is 6.92 Å². The topological polar surface area (TPSA) is 139 Å². The summed E-state index contributed by atoms with van der Waals surface area (Å²) in [7, 11) is 1.32. The van der Waals surface area contributed by atoms with Crippen LogP contribution in [0.4, 0.5) is 11.5 Å². The summed E-state index contributed by atoms with van der Waals surface area (Å²) in [5.74, 6) is 0.319. The zero-order valence-electron chi connectivity index (χ0n) is 11.3. The van der Waals surface area contributed by atoms with E-state index in [9.17, 15) is 19.7 Å². The van der Waals surface area contributed by atoms with Crippen LogP contribution in [0.15, 0.2) is 21.9 Å². The molecule has 0 spiro atoms. The molecule has 0 fully saturated rings. The first-order valence-electron chi connectivity index (χ1n) is 5.84. The number of anilines is 1. The summed E-state index contributed by atoms with van der Waals surface area (Å²) in [6.45, 7) is 1.38. The number of rotatable bonds is 3. The third kappa shape index (κ3) is 2.78. The van der Waals surface area contributed by atoms with E-state index in [4.69, 9.17) is 5.73 Å². The molecule has 110 valence electrons. The van der Waals surface area contributed by atoms with Gasteiger partial charge >= 0.3 is 16.9 Å². The van der Waals surface area contributed by atoms with E-state index in [1.54, 1.807) is 6.92 Å². The van der Waals surface area contributed by atoms with Crippen molar-refractivity contribution < 1.29 is 4.92 Å². The highest BCUT2D eigenvalue weighted by Gasteiger charge is 2.19. The Morgan fingerprint density at radius 1 is 1.38 bits per heavy atom. The molecule has 0 saturated heterocycles. The Kier molecular flexibility index (Phi) is 3.52. The molecule has 2 aromatic heterocycles. The summed E-state index contributed by atoms with van der Waals surface area (Å²) in [6.07, 6.45) is 0.882. The van der Waals surface area contributed by atoms with Crippen molar-refractivity contribution in [3.8, 4) is 0 Å². The lowest BCUT2D eigenvalue weighted by Crippen LogP contribution is -2.40. The molecule has 0 aliphatic carbocycles. The van der Waals surface area contributed by atoms with Crippen LogP contribution < -0.4 is 17.0 Å². The van der Waals surface area contributed by atoms with E-state index < -0.39 is 21.9 Å². The van der Waals surface area contributed by atoms with Gasteiger partial charge in [0.1, 0.15) is 5.82 Å². The fourth-order valence-corrected chi connectivity index (χ4v) is 1.84. The average molecular weight is 292 g/mol. The van der Waals surface area contributed by atoms with Gasteiger partial charge in [0.15, 0.2) is 5.82 Å². The predicted octanol–water partition coefficient (Wildman–Crippen LogP) is -0.816. The van der Waals surface area contributed by atoms with Crippen LogP contribution >= 0.6 is 0 Å². The van der Waals surface area contributed by atoms with E-state index in [0.717, 1.165) is 10.8 Å². The van der Waals surface area contributed by atoms with Crippen molar-refractivity contribution in [3.05, 3.63) is 54.7 Å². The molecule has 10 nitrogen and oxygen atoms in total. The monoisotopic (exact) mass is 292 g/mol. The maximum Gasteiger partial charge on any atom is 0.350 e. The number of nitro groups is 1. The van der Waals surface area contributed by atoms with Gasteiger partial charge in [-0.25, -0.2) is 19.3 Å². The lowest BCUT2D eigenvalue weighted by molar-refractivity contribution is -0.387. The molecule has 0 saturated carbocycles. The molecule has 0 radical (unpaired) electrons. The summed E-state index contributed by atoms with van der Waals surface area (Å²) < 4.78 is 1.66. The summed E-state index contributed by atoms with van der Waals surface area (Å²) in [4.78, 5) is 41.9. The molecule has 0 unspecified atom stereocenters. The molecule has 10 heteroatoms. The second-order valence-electron chi connectivity index (χ2n) is 4.41. The molecule has 2 aromatic rings. The normalized spacial score (nSPS) is 10.6. The molecule has 2 rings (SSSR count). The molecule has 0 atom stereocenters. The van der Waals surface area contributed by atoms with Crippen molar-refractivity contribution in [1.82, 2.24) is 19.1 Å². The van der Waals surface area contributed by atoms with Crippen LogP contribution in [0.5, 0.6) is 0 Å². The van der Waals surface area contributed by atoms with Gasteiger partial charge in [0, 0.05) is 18.8 Å². The van der Waals surface area contributed by atoms with Crippen molar-refractivity contribution in [2.24, 2.45) is 7.05 Å². The maximum atomic E-state index is 12.0. The zero-order chi connectivity index (χ0) is 15.7. The van der Waals surface area contributed by atoms with Gasteiger partial charge in [0.25, 0.3) is 0 Å². The fourth-order valence-electron chi connectivity index (χ4n) is 1.84. The number of nitrogens with two attached hydrogens (primary N) is 1. The number of hydrogen-bond acceptors (Lipinski definition) is 7. The molecular formula is C11H12N6O4. The predicted molar refractivity (Wildman–Crippen MR) is 72.9 cm³/mol. The van der Waals surface area contributed by atoms with E-state index in [2.05, 4.69) is 9.97 Å². The van der Waals surface area contributed by atoms with Gasteiger partial charge in [-0.3, -0.25) is 19.5 Å². The third-order valence-corrected chi connectivity index (χ3v) is 2.73. The smallest absolute Gasteiger partial charge is 0.350 e. The van der Waals surface area contributed by atoms with Crippen molar-refractivity contribution >= 4 is 11.5 Å². The maximum absolute atomic E-state index is 12.0. The summed E-state index contributed by atoms with van der Waals surface area (Å²) in [5, 5.41) is 10.8. The van der Waals surface area contributed by atoms with Gasteiger partial charge in [-0.15, -0.1) is 0 Å². The summed E-state index contributed by atoms with van der Waals surface area (Å²) in [6, 6.07) is 1.53. The minimum Gasteiger partial charge on any atom is -0.384 e. The summed E-state index contributed by atoms with van der Waals surface area (Å²) >= 11 is 0. The highest BCUT2D eigenvalue weighted by atomic mass is 16.6. The van der Waals surface area contributed by atoms with Crippen LogP contribution in [0.1, 0.15) is 11.5 Å².